The molecule has 17 nitrogen and oxygen atoms in total. The van der Waals surface area contributed by atoms with Crippen molar-refractivity contribution in [2.45, 2.75) is 103 Å². The molecule has 0 aliphatic carbocycles. The Bertz CT molecular complexity index is 2680. The normalized spacial score (nSPS) is 23.7. The zero-order valence-corrected chi connectivity index (χ0v) is 42.5. The molecule has 19 heteroatoms. The van der Waals surface area contributed by atoms with Gasteiger partial charge in [-0.3, -0.25) is 24.5 Å². The number of nitrogens with zero attached hydrogens (tertiary/aromatic N) is 7. The number of aryl methyl sites for hydroxylation is 1. The number of urea groups is 1. The van der Waals surface area contributed by atoms with E-state index in [4.69, 9.17) is 19.4 Å². The van der Waals surface area contributed by atoms with Gasteiger partial charge in [-0.15, -0.1) is 11.3 Å². The van der Waals surface area contributed by atoms with E-state index in [-0.39, 0.29) is 49.6 Å². The third kappa shape index (κ3) is 9.58. The van der Waals surface area contributed by atoms with Crippen LogP contribution in [0.25, 0.3) is 33.4 Å². The molecule has 4 atom stereocenters. The Balaban J connectivity index is 1.15. The summed E-state index contributed by atoms with van der Waals surface area (Å²) in [5.74, 6) is -1.25. The van der Waals surface area contributed by atoms with Crippen molar-refractivity contribution in [2.24, 2.45) is 11.3 Å². The molecule has 1 aromatic carbocycles. The van der Waals surface area contributed by atoms with Gasteiger partial charge in [-0.1, -0.05) is 33.8 Å². The van der Waals surface area contributed by atoms with Crippen molar-refractivity contribution in [3.8, 4) is 22.5 Å². The van der Waals surface area contributed by atoms with Crippen LogP contribution in [0.15, 0.2) is 41.9 Å². The van der Waals surface area contributed by atoms with E-state index in [1.165, 1.54) is 21.2 Å². The van der Waals surface area contributed by atoms with Crippen LogP contribution in [0.3, 0.4) is 0 Å². The lowest BCUT2D eigenvalue weighted by Crippen LogP contribution is -2.76. The van der Waals surface area contributed by atoms with Crippen LogP contribution in [0.5, 0.6) is 0 Å². The Labute approximate surface area is 403 Å². The van der Waals surface area contributed by atoms with Gasteiger partial charge in [0, 0.05) is 86.9 Å². The molecule has 3 aromatic heterocycles. The smallest absolute Gasteiger partial charge is 0.320 e. The lowest BCUT2D eigenvalue weighted by atomic mass is 9.84. The molecule has 0 unspecified atom stereocenters. The number of ether oxygens (including phenoxy) is 2. The van der Waals surface area contributed by atoms with E-state index in [1.807, 2.05) is 44.2 Å². The number of fused-ring (bicyclic) bond motifs is 6. The van der Waals surface area contributed by atoms with Gasteiger partial charge in [0.2, 0.25) is 5.91 Å². The number of aldehydes is 1. The van der Waals surface area contributed by atoms with E-state index < -0.39 is 56.3 Å². The summed E-state index contributed by atoms with van der Waals surface area (Å²) >= 11 is 1.40. The van der Waals surface area contributed by atoms with Crippen LogP contribution in [0.2, 0.25) is 0 Å². The predicted octanol–water partition coefficient (Wildman–Crippen LogP) is 4.74. The fourth-order valence-corrected chi connectivity index (χ4v) is 13.4. The second-order valence-corrected chi connectivity index (χ2v) is 23.6. The molecule has 4 aromatic rings. The maximum atomic E-state index is 14.8. The molecular weight excluding hydrogens is 907 g/mol. The molecule has 3 saturated heterocycles. The van der Waals surface area contributed by atoms with Crippen LogP contribution >= 0.6 is 11.3 Å². The molecule has 4 aliphatic heterocycles. The topological polar surface area (TPSA) is 189 Å². The van der Waals surface area contributed by atoms with Crippen LogP contribution in [0, 0.1) is 11.3 Å². The van der Waals surface area contributed by atoms with Crippen molar-refractivity contribution < 1.29 is 37.1 Å². The van der Waals surface area contributed by atoms with Gasteiger partial charge in [-0.05, 0) is 81.3 Å². The number of hydrogen-bond donors (Lipinski definition) is 2. The minimum atomic E-state index is -3.25. The summed E-state index contributed by atoms with van der Waals surface area (Å²) in [6, 6.07) is 7.97. The number of nitrogens with one attached hydrogen (secondary N) is 2. The quantitative estimate of drug-likeness (QED) is 0.220. The summed E-state index contributed by atoms with van der Waals surface area (Å²) in [6.45, 7) is 14.3. The number of amides is 4. The number of carbonyl (C=O) groups is 4. The van der Waals surface area contributed by atoms with Gasteiger partial charge in [0.1, 0.15) is 23.9 Å². The number of carbonyl (C=O) groups excluding carboxylic acids is 4. The highest BCUT2D eigenvalue weighted by atomic mass is 32.2. The molecule has 7 heterocycles. The van der Waals surface area contributed by atoms with E-state index in [2.05, 4.69) is 60.3 Å². The summed E-state index contributed by atoms with van der Waals surface area (Å²) in [5, 5.41) is 8.11. The number of methoxy groups -OCH3 is 1. The van der Waals surface area contributed by atoms with Crippen LogP contribution in [-0.4, -0.2) is 162 Å². The predicted molar refractivity (Wildman–Crippen MR) is 262 cm³/mol. The van der Waals surface area contributed by atoms with Crippen molar-refractivity contribution in [3.05, 3.63) is 58.2 Å². The highest BCUT2D eigenvalue weighted by molar-refractivity contribution is 7.91. The summed E-state index contributed by atoms with van der Waals surface area (Å²) in [5.41, 5.74) is 7.67. The van der Waals surface area contributed by atoms with E-state index in [0.717, 1.165) is 51.0 Å². The van der Waals surface area contributed by atoms with E-state index in [9.17, 15) is 27.6 Å². The maximum absolute atomic E-state index is 14.8. The Hall–Kier alpha value is -4.79. The van der Waals surface area contributed by atoms with Gasteiger partial charge in [-0.2, -0.15) is 0 Å². The number of rotatable bonds is 9. The zero-order valence-electron chi connectivity index (χ0n) is 40.8. The Morgan fingerprint density at radius 1 is 1.15 bits per heavy atom. The Morgan fingerprint density at radius 2 is 1.91 bits per heavy atom. The van der Waals surface area contributed by atoms with E-state index in [1.54, 1.807) is 25.3 Å². The number of thiazole rings is 1. The van der Waals surface area contributed by atoms with Crippen molar-refractivity contribution >= 4 is 56.2 Å². The van der Waals surface area contributed by atoms with Gasteiger partial charge >= 0.3 is 6.03 Å². The van der Waals surface area contributed by atoms with Gasteiger partial charge in [0.25, 0.3) is 5.91 Å². The van der Waals surface area contributed by atoms with Gasteiger partial charge in [-0.25, -0.2) is 23.6 Å². The first-order valence-corrected chi connectivity index (χ1v) is 26.4. The first kappa shape index (κ1) is 49.6. The van der Waals surface area contributed by atoms with Gasteiger partial charge < -0.3 is 34.0 Å². The molecule has 0 saturated carbocycles. The third-order valence-electron chi connectivity index (χ3n) is 14.4. The van der Waals surface area contributed by atoms with Crippen molar-refractivity contribution in [2.75, 3.05) is 72.1 Å². The minimum absolute atomic E-state index is 0.0181. The number of aromatic nitrogens is 3. The summed E-state index contributed by atoms with van der Waals surface area (Å²) in [7, 11) is 1.89. The van der Waals surface area contributed by atoms with Gasteiger partial charge in [0.05, 0.1) is 58.5 Å². The molecule has 368 valence electrons. The van der Waals surface area contributed by atoms with Crippen molar-refractivity contribution in [3.63, 3.8) is 0 Å². The molecular formula is C49H67N9O8S2. The average molecular weight is 974 g/mol. The van der Waals surface area contributed by atoms with Crippen molar-refractivity contribution in [1.82, 2.24) is 45.0 Å². The van der Waals surface area contributed by atoms with Crippen molar-refractivity contribution in [1.29, 1.82) is 0 Å². The van der Waals surface area contributed by atoms with Crippen LogP contribution in [0.1, 0.15) is 76.8 Å². The van der Waals surface area contributed by atoms with Crippen LogP contribution < -0.4 is 10.7 Å². The molecule has 8 rings (SSSR count). The third-order valence-corrected chi connectivity index (χ3v) is 17.1. The fourth-order valence-electron chi connectivity index (χ4n) is 10.7. The SMILES string of the molecule is CCn1c(-c2cccnc2[C@H](C)OC)c2c3cc(ccc31)-c1csc(n1)C[C@H](NC(=O)[C@H](C(C)C)N(C)C(=O)N1CC3(C1)CS(=O)(=O)CCN3C)C(=O)N1CCC[C@](C=O)(COCC(C)(C)C2)N1. The maximum Gasteiger partial charge on any atom is 0.320 e. The standard InChI is InChI=1S/C49H67N9O8S2/c1-10-57-39-15-14-33-21-35(39)36(43(57)34-13-11-17-50-41(34)32(4)65-9)23-47(5,6)28-66-29-48(27-59)16-12-18-58(53-48)45(61)37(22-40-51-38(33)24-67-40)52-44(60)42(31(2)3)55(8)46(62)56-25-49(26-56)30-68(63,64)20-19-54(49)7/h11,13-15,17,21,24,27,31-32,37,42,53H,10,12,16,18-20,22-23,25-26,28-30H2,1-9H3,(H,52,60)/t32-,37-,42-,48-/m0/s1. The second kappa shape index (κ2) is 19.2. The zero-order chi connectivity index (χ0) is 48.9. The summed E-state index contributed by atoms with van der Waals surface area (Å²) in [6.07, 6.45) is 4.01. The fraction of sp³-hybridized carbons (Fsp3) is 0.592. The molecule has 0 radical (unpaired) electrons. The first-order chi connectivity index (χ1) is 32.2. The van der Waals surface area contributed by atoms with E-state index >= 15 is 0 Å². The molecule has 4 aliphatic rings. The number of sulfone groups is 1. The molecule has 68 heavy (non-hydrogen) atoms. The number of likely N-dealkylation sites (N-methyl/N-ethyl adjacent to an activating group) is 2. The number of pyridine rings is 1. The number of hydrazine groups is 1. The molecule has 3 fully saturated rings. The summed E-state index contributed by atoms with van der Waals surface area (Å²) in [4.78, 5) is 71.4. The second-order valence-electron chi connectivity index (χ2n) is 20.5. The lowest BCUT2D eigenvalue weighted by Gasteiger charge is -2.57. The highest BCUT2D eigenvalue weighted by Gasteiger charge is 2.54. The Kier molecular flexibility index (Phi) is 14.0. The molecule has 6 bridgehead atoms. The molecule has 2 N–H and O–H groups in total. The van der Waals surface area contributed by atoms with Crippen LogP contribution in [0.4, 0.5) is 4.79 Å². The largest absolute Gasteiger partial charge is 0.378 e. The van der Waals surface area contributed by atoms with Crippen LogP contribution in [-0.2, 0) is 53.1 Å². The molecule has 4 amide bonds. The first-order valence-electron chi connectivity index (χ1n) is 23.7. The number of hydrogen-bond acceptors (Lipinski definition) is 13. The summed E-state index contributed by atoms with van der Waals surface area (Å²) < 4.78 is 39.9. The van der Waals surface area contributed by atoms with Gasteiger partial charge in [0.15, 0.2) is 9.84 Å². The van der Waals surface area contributed by atoms with E-state index in [0.29, 0.717) is 50.5 Å². The average Bonchev–Trinajstić information content (AvgIpc) is 3.89. The number of likely N-dealkylation sites (tertiary alicyclic amines) is 1. The monoisotopic (exact) mass is 973 g/mol. The molecule has 1 spiro atoms. The number of benzene rings is 1. The minimum Gasteiger partial charge on any atom is -0.378 e. The highest BCUT2D eigenvalue weighted by Crippen LogP contribution is 2.42. The lowest BCUT2D eigenvalue weighted by molar-refractivity contribution is -0.147. The Morgan fingerprint density at radius 3 is 2.62 bits per heavy atom.